The van der Waals surface area contributed by atoms with Gasteiger partial charge < -0.3 is 10.8 Å². The van der Waals surface area contributed by atoms with E-state index in [-0.39, 0.29) is 5.92 Å². The summed E-state index contributed by atoms with van der Waals surface area (Å²) in [4.78, 5) is 0. The standard InChI is InChI=1S/C9H19NO/c1-7(2)9(11,6-10)8-4-3-5-8/h7-8,11H,3-6,10H2,1-2H3. The monoisotopic (exact) mass is 157 g/mol. The molecule has 1 unspecified atom stereocenters. The molecule has 1 rings (SSSR count). The van der Waals surface area contributed by atoms with E-state index in [2.05, 4.69) is 0 Å². The first-order chi connectivity index (χ1) is 5.11. The summed E-state index contributed by atoms with van der Waals surface area (Å²) in [6.07, 6.45) is 3.58. The van der Waals surface area contributed by atoms with Gasteiger partial charge in [0, 0.05) is 6.54 Å². The molecule has 1 aliphatic rings. The van der Waals surface area contributed by atoms with E-state index in [1.165, 1.54) is 6.42 Å². The van der Waals surface area contributed by atoms with Crippen LogP contribution in [0.5, 0.6) is 0 Å². The zero-order valence-corrected chi connectivity index (χ0v) is 7.51. The molecule has 0 heterocycles. The Bertz CT molecular complexity index is 132. The number of hydrogen-bond acceptors (Lipinski definition) is 2. The lowest BCUT2D eigenvalue weighted by molar-refractivity contribution is -0.0779. The lowest BCUT2D eigenvalue weighted by Crippen LogP contribution is -2.51. The third-order valence-electron chi connectivity index (χ3n) is 3.14. The van der Waals surface area contributed by atoms with Crippen LogP contribution in [0, 0.1) is 11.8 Å². The molecule has 1 fully saturated rings. The van der Waals surface area contributed by atoms with Crippen molar-refractivity contribution < 1.29 is 5.11 Å². The summed E-state index contributed by atoms with van der Waals surface area (Å²) in [6.45, 7) is 4.51. The van der Waals surface area contributed by atoms with E-state index in [4.69, 9.17) is 5.73 Å². The normalized spacial score (nSPS) is 24.8. The Balaban J connectivity index is 2.57. The summed E-state index contributed by atoms with van der Waals surface area (Å²) in [6, 6.07) is 0. The zero-order valence-electron chi connectivity index (χ0n) is 7.51. The van der Waals surface area contributed by atoms with Gasteiger partial charge in [0.15, 0.2) is 0 Å². The Labute approximate surface area is 68.8 Å². The topological polar surface area (TPSA) is 46.2 Å². The van der Waals surface area contributed by atoms with Gasteiger partial charge in [-0.25, -0.2) is 0 Å². The van der Waals surface area contributed by atoms with E-state index in [1.807, 2.05) is 13.8 Å². The summed E-state index contributed by atoms with van der Waals surface area (Å²) >= 11 is 0. The number of hydrogen-bond donors (Lipinski definition) is 2. The van der Waals surface area contributed by atoms with Crippen LogP contribution in [0.25, 0.3) is 0 Å². The summed E-state index contributed by atoms with van der Waals surface area (Å²) in [5, 5.41) is 10.1. The molecule has 1 atom stereocenters. The highest BCUT2D eigenvalue weighted by Gasteiger charge is 2.41. The fourth-order valence-electron chi connectivity index (χ4n) is 1.78. The van der Waals surface area contributed by atoms with Gasteiger partial charge in [0.1, 0.15) is 0 Å². The SMILES string of the molecule is CC(C)C(O)(CN)C1CCC1. The molecule has 2 heteroatoms. The molecule has 0 amide bonds. The van der Waals surface area contributed by atoms with Crippen LogP contribution in [0.2, 0.25) is 0 Å². The molecule has 0 bridgehead atoms. The molecular formula is C9H19NO. The van der Waals surface area contributed by atoms with Crippen molar-refractivity contribution in [3.63, 3.8) is 0 Å². The molecular weight excluding hydrogens is 138 g/mol. The quantitative estimate of drug-likeness (QED) is 0.645. The van der Waals surface area contributed by atoms with E-state index >= 15 is 0 Å². The maximum atomic E-state index is 10.1. The molecule has 66 valence electrons. The lowest BCUT2D eigenvalue weighted by atomic mass is 9.68. The number of nitrogens with two attached hydrogens (primary N) is 1. The summed E-state index contributed by atoms with van der Waals surface area (Å²) in [5.74, 6) is 0.755. The fraction of sp³-hybridized carbons (Fsp3) is 1.00. The maximum Gasteiger partial charge on any atom is 0.0820 e. The summed E-state index contributed by atoms with van der Waals surface area (Å²) < 4.78 is 0. The first-order valence-electron chi connectivity index (χ1n) is 4.53. The van der Waals surface area contributed by atoms with E-state index in [1.54, 1.807) is 0 Å². The highest BCUT2D eigenvalue weighted by atomic mass is 16.3. The van der Waals surface area contributed by atoms with Gasteiger partial charge in [-0.1, -0.05) is 20.3 Å². The lowest BCUT2D eigenvalue weighted by Gasteiger charge is -2.43. The molecule has 3 N–H and O–H groups in total. The fourth-order valence-corrected chi connectivity index (χ4v) is 1.78. The second-order valence-electron chi connectivity index (χ2n) is 3.98. The van der Waals surface area contributed by atoms with Crippen molar-refractivity contribution in [2.24, 2.45) is 17.6 Å². The van der Waals surface area contributed by atoms with Crippen molar-refractivity contribution >= 4 is 0 Å². The average Bonchev–Trinajstić information content (AvgIpc) is 1.83. The molecule has 0 aromatic carbocycles. The van der Waals surface area contributed by atoms with Crippen molar-refractivity contribution in [2.45, 2.75) is 38.7 Å². The van der Waals surface area contributed by atoms with Gasteiger partial charge in [0.05, 0.1) is 5.60 Å². The van der Waals surface area contributed by atoms with Crippen LogP contribution in [0.1, 0.15) is 33.1 Å². The second kappa shape index (κ2) is 3.11. The van der Waals surface area contributed by atoms with Gasteiger partial charge in [-0.2, -0.15) is 0 Å². The molecule has 0 aromatic heterocycles. The summed E-state index contributed by atoms with van der Waals surface area (Å²) in [7, 11) is 0. The number of rotatable bonds is 3. The maximum absolute atomic E-state index is 10.1. The van der Waals surface area contributed by atoms with Crippen molar-refractivity contribution in [3.8, 4) is 0 Å². The zero-order chi connectivity index (χ0) is 8.48. The Morgan fingerprint density at radius 3 is 2.18 bits per heavy atom. The first kappa shape index (κ1) is 9.01. The van der Waals surface area contributed by atoms with Crippen molar-refractivity contribution in [2.75, 3.05) is 6.54 Å². The minimum atomic E-state index is -0.585. The minimum absolute atomic E-state index is 0.290. The molecule has 0 aromatic rings. The van der Waals surface area contributed by atoms with Crippen molar-refractivity contribution in [1.29, 1.82) is 0 Å². The van der Waals surface area contributed by atoms with Gasteiger partial charge in [-0.3, -0.25) is 0 Å². The predicted molar refractivity (Wildman–Crippen MR) is 46.2 cm³/mol. The highest BCUT2D eigenvalue weighted by Crippen LogP contribution is 2.39. The molecule has 1 aliphatic carbocycles. The molecule has 1 saturated carbocycles. The van der Waals surface area contributed by atoms with Gasteiger partial charge in [0.2, 0.25) is 0 Å². The van der Waals surface area contributed by atoms with E-state index in [0.29, 0.717) is 12.5 Å². The van der Waals surface area contributed by atoms with Crippen LogP contribution in [-0.4, -0.2) is 17.3 Å². The predicted octanol–water partition coefficient (Wildman–Crippen LogP) is 1.13. The third kappa shape index (κ3) is 1.42. The van der Waals surface area contributed by atoms with Gasteiger partial charge >= 0.3 is 0 Å². The first-order valence-corrected chi connectivity index (χ1v) is 4.53. The number of aliphatic hydroxyl groups is 1. The molecule has 0 radical (unpaired) electrons. The summed E-state index contributed by atoms with van der Waals surface area (Å²) in [5.41, 5.74) is 4.98. The van der Waals surface area contributed by atoms with Crippen molar-refractivity contribution in [1.82, 2.24) is 0 Å². The molecule has 0 aliphatic heterocycles. The van der Waals surface area contributed by atoms with Crippen LogP contribution in [-0.2, 0) is 0 Å². The van der Waals surface area contributed by atoms with Gasteiger partial charge in [0.25, 0.3) is 0 Å². The van der Waals surface area contributed by atoms with Crippen LogP contribution in [0.15, 0.2) is 0 Å². The van der Waals surface area contributed by atoms with Crippen molar-refractivity contribution in [3.05, 3.63) is 0 Å². The molecule has 0 spiro atoms. The molecule has 11 heavy (non-hydrogen) atoms. The van der Waals surface area contributed by atoms with Gasteiger partial charge in [-0.05, 0) is 24.7 Å². The van der Waals surface area contributed by atoms with Crippen LogP contribution < -0.4 is 5.73 Å². The average molecular weight is 157 g/mol. The van der Waals surface area contributed by atoms with E-state index in [0.717, 1.165) is 12.8 Å². The Kier molecular flexibility index (Phi) is 2.55. The van der Waals surface area contributed by atoms with Crippen LogP contribution in [0.3, 0.4) is 0 Å². The second-order valence-corrected chi connectivity index (χ2v) is 3.98. The highest BCUT2D eigenvalue weighted by molar-refractivity contribution is 4.93. The Morgan fingerprint density at radius 1 is 1.55 bits per heavy atom. The third-order valence-corrected chi connectivity index (χ3v) is 3.14. The molecule has 2 nitrogen and oxygen atoms in total. The largest absolute Gasteiger partial charge is 0.388 e. The Hall–Kier alpha value is -0.0800. The van der Waals surface area contributed by atoms with Crippen LogP contribution >= 0.6 is 0 Å². The van der Waals surface area contributed by atoms with E-state index < -0.39 is 5.60 Å². The van der Waals surface area contributed by atoms with Gasteiger partial charge in [-0.15, -0.1) is 0 Å². The smallest absolute Gasteiger partial charge is 0.0820 e. The van der Waals surface area contributed by atoms with Crippen LogP contribution in [0.4, 0.5) is 0 Å². The van der Waals surface area contributed by atoms with E-state index in [9.17, 15) is 5.11 Å². The Morgan fingerprint density at radius 2 is 2.09 bits per heavy atom. The molecule has 0 saturated heterocycles. The minimum Gasteiger partial charge on any atom is -0.388 e.